The highest BCUT2D eigenvalue weighted by atomic mass is 35.5. The maximum Gasteiger partial charge on any atom is 0.416 e. The molecule has 0 saturated carbocycles. The van der Waals surface area contributed by atoms with Crippen LogP contribution in [0.5, 0.6) is 0 Å². The molecule has 0 aromatic heterocycles. The van der Waals surface area contributed by atoms with E-state index in [-0.39, 0.29) is 23.5 Å². The molecule has 1 aliphatic heterocycles. The lowest BCUT2D eigenvalue weighted by Crippen LogP contribution is -2.32. The molecule has 1 N–H and O–H groups in total. The van der Waals surface area contributed by atoms with Crippen molar-refractivity contribution < 1.29 is 22.8 Å². The molecule has 0 spiro atoms. The van der Waals surface area contributed by atoms with Crippen LogP contribution in [0.3, 0.4) is 0 Å². The SMILES string of the molecule is O=C1C(Nc2cccc(C(F)(F)F)c2)=C(c2ccccc2)C(=O)N1Cc1ccc(Cl)cc1. The van der Waals surface area contributed by atoms with Crippen molar-refractivity contribution in [2.75, 3.05) is 5.32 Å². The maximum atomic E-state index is 13.2. The fourth-order valence-electron chi connectivity index (χ4n) is 3.40. The summed E-state index contributed by atoms with van der Waals surface area (Å²) in [6.45, 7) is -0.00105. The topological polar surface area (TPSA) is 49.4 Å². The molecule has 0 bridgehead atoms. The summed E-state index contributed by atoms with van der Waals surface area (Å²) in [5, 5.41) is 3.27. The van der Waals surface area contributed by atoms with Crippen molar-refractivity contribution in [1.29, 1.82) is 0 Å². The second-order valence-corrected chi connectivity index (χ2v) is 7.58. The van der Waals surface area contributed by atoms with Gasteiger partial charge in [-0.2, -0.15) is 13.2 Å². The van der Waals surface area contributed by atoms with Crippen LogP contribution in [-0.4, -0.2) is 16.7 Å². The second kappa shape index (κ2) is 8.51. The van der Waals surface area contributed by atoms with Crippen molar-refractivity contribution in [2.24, 2.45) is 0 Å². The number of carbonyl (C=O) groups excluding carboxylic acids is 2. The van der Waals surface area contributed by atoms with E-state index in [4.69, 9.17) is 11.6 Å². The van der Waals surface area contributed by atoms with E-state index in [0.29, 0.717) is 16.1 Å². The molecule has 0 fully saturated rings. The fourth-order valence-corrected chi connectivity index (χ4v) is 3.52. The Labute approximate surface area is 186 Å². The van der Waals surface area contributed by atoms with Gasteiger partial charge in [0.1, 0.15) is 5.70 Å². The molecule has 2 amide bonds. The Morgan fingerprint density at radius 3 is 2.19 bits per heavy atom. The van der Waals surface area contributed by atoms with Crippen molar-refractivity contribution in [3.63, 3.8) is 0 Å². The number of amides is 2. The van der Waals surface area contributed by atoms with Crippen LogP contribution in [0, 0.1) is 0 Å². The molecule has 162 valence electrons. The van der Waals surface area contributed by atoms with E-state index in [1.165, 1.54) is 12.1 Å². The minimum atomic E-state index is -4.54. The summed E-state index contributed by atoms with van der Waals surface area (Å²) >= 11 is 5.90. The first-order valence-corrected chi connectivity index (χ1v) is 9.96. The zero-order valence-corrected chi connectivity index (χ0v) is 17.2. The number of alkyl halides is 3. The fraction of sp³-hybridized carbons (Fsp3) is 0.0833. The number of benzene rings is 3. The van der Waals surface area contributed by atoms with Crippen LogP contribution >= 0.6 is 11.6 Å². The van der Waals surface area contributed by atoms with E-state index >= 15 is 0 Å². The van der Waals surface area contributed by atoms with Gasteiger partial charge in [0.05, 0.1) is 17.7 Å². The monoisotopic (exact) mass is 456 g/mol. The Morgan fingerprint density at radius 2 is 1.53 bits per heavy atom. The van der Waals surface area contributed by atoms with Gasteiger partial charge in [0.2, 0.25) is 0 Å². The number of halogens is 4. The van der Waals surface area contributed by atoms with E-state index in [9.17, 15) is 22.8 Å². The highest BCUT2D eigenvalue weighted by Crippen LogP contribution is 2.34. The molecular formula is C24H16ClF3N2O2. The van der Waals surface area contributed by atoms with Crippen molar-refractivity contribution in [3.05, 3.63) is 106 Å². The van der Waals surface area contributed by atoms with Crippen LogP contribution in [-0.2, 0) is 22.3 Å². The van der Waals surface area contributed by atoms with Crippen molar-refractivity contribution in [2.45, 2.75) is 12.7 Å². The summed E-state index contributed by atoms with van der Waals surface area (Å²) in [6.07, 6.45) is -4.54. The third kappa shape index (κ3) is 4.38. The molecular weight excluding hydrogens is 441 g/mol. The van der Waals surface area contributed by atoms with Crippen LogP contribution in [0.2, 0.25) is 5.02 Å². The van der Waals surface area contributed by atoms with Gasteiger partial charge in [0, 0.05) is 10.7 Å². The van der Waals surface area contributed by atoms with Crippen LogP contribution in [0.4, 0.5) is 18.9 Å². The number of anilines is 1. The summed E-state index contributed by atoms with van der Waals surface area (Å²) in [6, 6.07) is 19.7. The molecule has 0 atom stereocenters. The minimum Gasteiger partial charge on any atom is -0.350 e. The Bertz CT molecular complexity index is 1210. The van der Waals surface area contributed by atoms with Gasteiger partial charge < -0.3 is 5.32 Å². The van der Waals surface area contributed by atoms with E-state index in [0.717, 1.165) is 17.0 Å². The number of rotatable bonds is 5. The van der Waals surface area contributed by atoms with Crippen LogP contribution in [0.1, 0.15) is 16.7 Å². The molecule has 0 unspecified atom stereocenters. The number of nitrogens with zero attached hydrogens (tertiary/aromatic N) is 1. The molecule has 8 heteroatoms. The minimum absolute atomic E-state index is 0.00105. The Morgan fingerprint density at radius 1 is 0.844 bits per heavy atom. The lowest BCUT2D eigenvalue weighted by molar-refractivity contribution is -0.138. The molecule has 32 heavy (non-hydrogen) atoms. The Hall–Kier alpha value is -3.58. The number of hydrogen-bond acceptors (Lipinski definition) is 3. The highest BCUT2D eigenvalue weighted by molar-refractivity contribution is 6.36. The van der Waals surface area contributed by atoms with Crippen molar-refractivity contribution in [1.82, 2.24) is 4.90 Å². The van der Waals surface area contributed by atoms with E-state index in [1.807, 2.05) is 0 Å². The number of nitrogens with one attached hydrogen (secondary N) is 1. The molecule has 3 aromatic rings. The van der Waals surface area contributed by atoms with Gasteiger partial charge in [-0.25, -0.2) is 0 Å². The average molecular weight is 457 g/mol. The molecule has 3 aromatic carbocycles. The average Bonchev–Trinajstić information content (AvgIpc) is 2.99. The predicted molar refractivity (Wildman–Crippen MR) is 115 cm³/mol. The summed E-state index contributed by atoms with van der Waals surface area (Å²) < 4.78 is 39.3. The van der Waals surface area contributed by atoms with Crippen molar-refractivity contribution in [3.8, 4) is 0 Å². The highest BCUT2D eigenvalue weighted by Gasteiger charge is 2.39. The van der Waals surface area contributed by atoms with E-state index < -0.39 is 23.6 Å². The quantitative estimate of drug-likeness (QED) is 0.497. The Balaban J connectivity index is 1.72. The van der Waals surface area contributed by atoms with E-state index in [2.05, 4.69) is 5.32 Å². The summed E-state index contributed by atoms with van der Waals surface area (Å²) in [5.41, 5.74) is 0.385. The third-order valence-corrected chi connectivity index (χ3v) is 5.20. The second-order valence-electron chi connectivity index (χ2n) is 7.14. The van der Waals surface area contributed by atoms with E-state index in [1.54, 1.807) is 54.6 Å². The molecule has 4 nitrogen and oxygen atoms in total. The van der Waals surface area contributed by atoms with Gasteiger partial charge >= 0.3 is 6.18 Å². The standard InChI is InChI=1S/C24H16ClF3N2O2/c25-18-11-9-15(10-12-18)14-30-22(31)20(16-5-2-1-3-6-16)21(23(30)32)29-19-8-4-7-17(13-19)24(26,27)28/h1-13,29H,14H2. The molecule has 0 saturated heterocycles. The van der Waals surface area contributed by atoms with Gasteiger partial charge in [-0.15, -0.1) is 0 Å². The molecule has 1 heterocycles. The van der Waals surface area contributed by atoms with Crippen LogP contribution < -0.4 is 5.32 Å². The molecule has 0 radical (unpaired) electrons. The van der Waals surface area contributed by atoms with Gasteiger partial charge in [0.25, 0.3) is 11.8 Å². The summed E-state index contributed by atoms with van der Waals surface area (Å²) in [5.74, 6) is -1.16. The number of imide groups is 1. The maximum absolute atomic E-state index is 13.2. The zero-order valence-electron chi connectivity index (χ0n) is 16.5. The van der Waals surface area contributed by atoms with Crippen LogP contribution in [0.25, 0.3) is 5.57 Å². The van der Waals surface area contributed by atoms with Crippen LogP contribution in [0.15, 0.2) is 84.6 Å². The third-order valence-electron chi connectivity index (χ3n) is 4.94. The lowest BCUT2D eigenvalue weighted by Gasteiger charge is -2.16. The first kappa shape index (κ1) is 21.6. The van der Waals surface area contributed by atoms with Gasteiger partial charge in [-0.1, -0.05) is 60.1 Å². The van der Waals surface area contributed by atoms with Crippen molar-refractivity contribution >= 4 is 34.7 Å². The predicted octanol–water partition coefficient (Wildman–Crippen LogP) is 5.75. The first-order valence-electron chi connectivity index (χ1n) is 9.58. The van der Waals surface area contributed by atoms with Gasteiger partial charge in [-0.3, -0.25) is 14.5 Å². The number of carbonyl (C=O) groups is 2. The van der Waals surface area contributed by atoms with Gasteiger partial charge in [-0.05, 0) is 41.5 Å². The summed E-state index contributed by atoms with van der Waals surface area (Å²) in [7, 11) is 0. The Kier molecular flexibility index (Phi) is 5.76. The molecule has 0 aliphatic carbocycles. The number of hydrogen-bond donors (Lipinski definition) is 1. The zero-order chi connectivity index (χ0) is 22.9. The molecule has 4 rings (SSSR count). The largest absolute Gasteiger partial charge is 0.416 e. The normalized spacial score (nSPS) is 14.3. The summed E-state index contributed by atoms with van der Waals surface area (Å²) in [4.78, 5) is 27.5. The smallest absolute Gasteiger partial charge is 0.350 e. The molecule has 1 aliphatic rings. The van der Waals surface area contributed by atoms with Gasteiger partial charge in [0.15, 0.2) is 0 Å². The first-order chi connectivity index (χ1) is 15.2. The lowest BCUT2D eigenvalue weighted by atomic mass is 10.0.